The number of benzene rings is 2. The van der Waals surface area contributed by atoms with Crippen LogP contribution in [0, 0.1) is 0 Å². The van der Waals surface area contributed by atoms with Gasteiger partial charge in [0.15, 0.2) is 5.78 Å². The number of hydrogen-bond donors (Lipinski definition) is 1. The van der Waals surface area contributed by atoms with Crippen molar-refractivity contribution >= 4 is 5.78 Å². The Hall–Kier alpha value is -2.70. The molecule has 6 heteroatoms. The molecule has 0 aromatic heterocycles. The van der Waals surface area contributed by atoms with Crippen molar-refractivity contribution < 1.29 is 23.4 Å². The molecule has 0 aliphatic heterocycles. The molecular formula is C21H24FNO4. The molecule has 0 unspecified atom stereocenters. The Morgan fingerprint density at radius 3 is 2.52 bits per heavy atom. The number of nitrogens with two attached hydrogens (primary N) is 1. The van der Waals surface area contributed by atoms with Crippen molar-refractivity contribution in [2.24, 2.45) is 5.73 Å². The van der Waals surface area contributed by atoms with Crippen LogP contribution in [0.3, 0.4) is 0 Å². The van der Waals surface area contributed by atoms with Crippen LogP contribution < -0.4 is 15.2 Å². The Bertz CT molecular complexity index is 759. The summed E-state index contributed by atoms with van der Waals surface area (Å²) >= 11 is 0. The number of ether oxygens (including phenoxy) is 3. The molecule has 0 saturated heterocycles. The topological polar surface area (TPSA) is 70.8 Å². The fourth-order valence-electron chi connectivity index (χ4n) is 2.32. The highest BCUT2D eigenvalue weighted by atomic mass is 19.1. The lowest BCUT2D eigenvalue weighted by atomic mass is 10.0. The Kier molecular flexibility index (Phi) is 8.48. The van der Waals surface area contributed by atoms with Crippen molar-refractivity contribution in [2.45, 2.75) is 6.42 Å². The average molecular weight is 373 g/mol. The molecule has 0 spiro atoms. The Labute approximate surface area is 158 Å². The minimum atomic E-state index is -0.0121. The smallest absolute Gasteiger partial charge is 0.167 e. The van der Waals surface area contributed by atoms with Gasteiger partial charge in [-0.05, 0) is 42.0 Å². The van der Waals surface area contributed by atoms with Crippen molar-refractivity contribution in [1.82, 2.24) is 0 Å². The molecule has 27 heavy (non-hydrogen) atoms. The van der Waals surface area contributed by atoms with Gasteiger partial charge in [-0.2, -0.15) is 0 Å². The number of rotatable bonds is 11. The standard InChI is InChI=1S/C21H24FNO4/c1-25-9-10-26-20-4-2-3-16(11-20)12-21(24)18-5-7-19(8-6-18)27-15-17(13-22)14-23/h2-8,11,13H,9-10,12,14-15,23H2,1H3. The molecule has 2 N–H and O–H groups in total. The first kappa shape index (κ1) is 20.6. The lowest BCUT2D eigenvalue weighted by Gasteiger charge is -2.09. The zero-order valence-corrected chi connectivity index (χ0v) is 15.3. The zero-order valence-electron chi connectivity index (χ0n) is 15.3. The van der Waals surface area contributed by atoms with Crippen LogP contribution in [0.1, 0.15) is 15.9 Å². The Morgan fingerprint density at radius 2 is 1.85 bits per heavy atom. The number of hydrogen-bond acceptors (Lipinski definition) is 5. The second-order valence-corrected chi connectivity index (χ2v) is 5.87. The summed E-state index contributed by atoms with van der Waals surface area (Å²) in [5, 5.41) is 0. The fourth-order valence-corrected chi connectivity index (χ4v) is 2.32. The molecule has 0 saturated carbocycles. The summed E-state index contributed by atoms with van der Waals surface area (Å²) in [4.78, 5) is 12.5. The molecule has 144 valence electrons. The lowest BCUT2D eigenvalue weighted by molar-refractivity contribution is 0.0993. The summed E-state index contributed by atoms with van der Waals surface area (Å²) in [6.45, 7) is 1.14. The van der Waals surface area contributed by atoms with E-state index in [1.165, 1.54) is 0 Å². The van der Waals surface area contributed by atoms with Gasteiger partial charge in [0.2, 0.25) is 0 Å². The summed E-state index contributed by atoms with van der Waals surface area (Å²) in [7, 11) is 1.61. The van der Waals surface area contributed by atoms with Crippen LogP contribution in [-0.2, 0) is 11.2 Å². The number of ketones is 1. The third-order valence-electron chi connectivity index (χ3n) is 3.84. The molecule has 0 amide bonds. The van der Waals surface area contributed by atoms with Gasteiger partial charge in [0.25, 0.3) is 0 Å². The minimum absolute atomic E-state index is 0.0121. The maximum Gasteiger partial charge on any atom is 0.167 e. The van der Waals surface area contributed by atoms with Gasteiger partial charge < -0.3 is 19.9 Å². The third-order valence-corrected chi connectivity index (χ3v) is 3.84. The summed E-state index contributed by atoms with van der Waals surface area (Å²) in [5.41, 5.74) is 7.19. The van der Waals surface area contributed by atoms with Gasteiger partial charge in [-0.15, -0.1) is 0 Å². The van der Waals surface area contributed by atoms with Gasteiger partial charge in [-0.1, -0.05) is 12.1 Å². The van der Waals surface area contributed by atoms with Crippen LogP contribution in [0.4, 0.5) is 4.39 Å². The first-order valence-electron chi connectivity index (χ1n) is 8.61. The monoisotopic (exact) mass is 373 g/mol. The van der Waals surface area contributed by atoms with Gasteiger partial charge >= 0.3 is 0 Å². The van der Waals surface area contributed by atoms with Crippen LogP contribution in [0.25, 0.3) is 0 Å². The van der Waals surface area contributed by atoms with Crippen LogP contribution in [0.2, 0.25) is 0 Å². The maximum absolute atomic E-state index is 12.5. The molecule has 2 aromatic carbocycles. The van der Waals surface area contributed by atoms with Crippen molar-refractivity contribution in [3.05, 3.63) is 71.6 Å². The quantitative estimate of drug-likeness (QED) is 0.483. The van der Waals surface area contributed by atoms with E-state index in [0.29, 0.717) is 42.2 Å². The summed E-state index contributed by atoms with van der Waals surface area (Å²) in [6, 6.07) is 14.2. The van der Waals surface area contributed by atoms with E-state index in [1.807, 2.05) is 24.3 Å². The molecule has 0 atom stereocenters. The van der Waals surface area contributed by atoms with E-state index < -0.39 is 0 Å². The Morgan fingerprint density at radius 1 is 1.07 bits per heavy atom. The highest BCUT2D eigenvalue weighted by Gasteiger charge is 2.09. The highest BCUT2D eigenvalue weighted by molar-refractivity contribution is 5.97. The Balaban J connectivity index is 1.93. The second-order valence-electron chi connectivity index (χ2n) is 5.87. The molecule has 0 fully saturated rings. The van der Waals surface area contributed by atoms with Gasteiger partial charge in [0.05, 0.1) is 12.9 Å². The molecule has 0 bridgehead atoms. The van der Waals surface area contributed by atoms with Crippen molar-refractivity contribution in [1.29, 1.82) is 0 Å². The highest BCUT2D eigenvalue weighted by Crippen LogP contribution is 2.18. The number of halogens is 1. The molecule has 5 nitrogen and oxygen atoms in total. The SMILES string of the molecule is COCCOc1cccc(CC(=O)c2ccc(OCC(=CF)CN)cc2)c1. The van der Waals surface area contributed by atoms with Gasteiger partial charge in [-0.25, -0.2) is 4.39 Å². The van der Waals surface area contributed by atoms with Crippen molar-refractivity contribution in [3.8, 4) is 11.5 Å². The fraction of sp³-hybridized carbons (Fsp3) is 0.286. The van der Waals surface area contributed by atoms with E-state index >= 15 is 0 Å². The van der Waals surface area contributed by atoms with Crippen molar-refractivity contribution in [2.75, 3.05) is 33.5 Å². The predicted molar refractivity (Wildman–Crippen MR) is 102 cm³/mol. The number of carbonyl (C=O) groups excluding carboxylic acids is 1. The normalized spacial score (nSPS) is 11.3. The summed E-state index contributed by atoms with van der Waals surface area (Å²) in [5.74, 6) is 1.24. The second kappa shape index (κ2) is 11.1. The zero-order chi connectivity index (χ0) is 19.5. The molecule has 0 aliphatic rings. The molecule has 2 rings (SSSR count). The van der Waals surface area contributed by atoms with Crippen LogP contribution in [0.15, 0.2) is 60.4 Å². The third kappa shape index (κ3) is 6.84. The van der Waals surface area contributed by atoms with Crippen LogP contribution >= 0.6 is 0 Å². The lowest BCUT2D eigenvalue weighted by Crippen LogP contribution is -2.11. The maximum atomic E-state index is 12.5. The van der Waals surface area contributed by atoms with E-state index in [9.17, 15) is 9.18 Å². The largest absolute Gasteiger partial charge is 0.491 e. The minimum Gasteiger partial charge on any atom is -0.491 e. The molecule has 0 aliphatic carbocycles. The molecule has 2 aromatic rings. The first-order chi connectivity index (χ1) is 13.2. The van der Waals surface area contributed by atoms with E-state index in [4.69, 9.17) is 19.9 Å². The first-order valence-corrected chi connectivity index (χ1v) is 8.61. The van der Waals surface area contributed by atoms with E-state index in [-0.39, 0.29) is 25.4 Å². The van der Waals surface area contributed by atoms with E-state index in [1.54, 1.807) is 31.4 Å². The average Bonchev–Trinajstić information content (AvgIpc) is 2.70. The number of methoxy groups -OCH3 is 1. The van der Waals surface area contributed by atoms with E-state index in [0.717, 1.165) is 5.56 Å². The van der Waals surface area contributed by atoms with E-state index in [2.05, 4.69) is 0 Å². The summed E-state index contributed by atoms with van der Waals surface area (Å²) < 4.78 is 28.4. The van der Waals surface area contributed by atoms with Gasteiger partial charge in [-0.3, -0.25) is 4.79 Å². The number of carbonyl (C=O) groups is 1. The van der Waals surface area contributed by atoms with Gasteiger partial charge in [0, 0.05) is 31.2 Å². The van der Waals surface area contributed by atoms with Gasteiger partial charge in [0.1, 0.15) is 24.7 Å². The molecule has 0 radical (unpaired) electrons. The predicted octanol–water partition coefficient (Wildman–Crippen LogP) is 3.33. The molecule has 0 heterocycles. The summed E-state index contributed by atoms with van der Waals surface area (Å²) in [6.07, 6.45) is 0.717. The van der Waals surface area contributed by atoms with Crippen LogP contribution in [-0.4, -0.2) is 39.3 Å². The number of Topliss-reactive ketones (excluding diaryl/α,β-unsaturated/α-hetero) is 1. The van der Waals surface area contributed by atoms with Crippen molar-refractivity contribution in [3.63, 3.8) is 0 Å². The molecular weight excluding hydrogens is 349 g/mol. The van der Waals surface area contributed by atoms with Crippen LogP contribution in [0.5, 0.6) is 11.5 Å².